The highest BCUT2D eigenvalue weighted by molar-refractivity contribution is 7.58. The number of hydrogen-bond acceptors (Lipinski definition) is 3. The maximum absolute atomic E-state index is 15.7. The molecule has 0 saturated heterocycles. The molecule has 2 aromatic carbocycles. The second-order valence-corrected chi connectivity index (χ2v) is 10.7. The van der Waals surface area contributed by atoms with Crippen molar-refractivity contribution < 1.29 is 13.9 Å². The first-order valence-electron chi connectivity index (χ1n) is 9.50. The third-order valence-electron chi connectivity index (χ3n) is 4.80. The molecule has 3 nitrogen and oxygen atoms in total. The first kappa shape index (κ1) is 23.0. The van der Waals surface area contributed by atoms with Gasteiger partial charge in [0.2, 0.25) is 0 Å². The normalized spacial score (nSPS) is 11.8. The number of halogens is 1. The zero-order chi connectivity index (χ0) is 21.9. The van der Waals surface area contributed by atoms with E-state index >= 15 is 4.39 Å². The zero-order valence-corrected chi connectivity index (χ0v) is 20.5. The molecule has 0 aliphatic carbocycles. The molecule has 3 aromatic rings. The SMILES string of the molecule is Cc1nc(-c2ccc(P)cc2)c(F)c(C(C)(C)PC(=O)OCc2ccccc2)c1P. The average molecular weight is 459 g/mol. The Hall–Kier alpha value is -1.72. The van der Waals surface area contributed by atoms with Gasteiger partial charge in [-0.15, -0.1) is 18.5 Å². The molecule has 7 heteroatoms. The van der Waals surface area contributed by atoms with Gasteiger partial charge < -0.3 is 4.74 Å². The molecule has 3 atom stereocenters. The van der Waals surface area contributed by atoms with Crippen molar-refractivity contribution in [2.75, 3.05) is 0 Å². The van der Waals surface area contributed by atoms with Crippen molar-refractivity contribution in [1.82, 2.24) is 4.98 Å². The van der Waals surface area contributed by atoms with Crippen LogP contribution in [0.25, 0.3) is 11.3 Å². The Bertz CT molecular complexity index is 1050. The highest BCUT2D eigenvalue weighted by Gasteiger charge is 2.33. The molecule has 30 heavy (non-hydrogen) atoms. The lowest BCUT2D eigenvalue weighted by Gasteiger charge is -2.28. The number of ether oxygens (including phenoxy) is 1. The van der Waals surface area contributed by atoms with Gasteiger partial charge in [0.05, 0.1) is 0 Å². The number of rotatable bonds is 6. The van der Waals surface area contributed by atoms with Crippen molar-refractivity contribution in [3.63, 3.8) is 0 Å². The summed E-state index contributed by atoms with van der Waals surface area (Å²) in [5.41, 5.74) is 2.80. The number of pyridine rings is 1. The molecule has 0 radical (unpaired) electrons. The van der Waals surface area contributed by atoms with Gasteiger partial charge in [0.1, 0.15) is 12.3 Å². The molecule has 3 rings (SSSR count). The van der Waals surface area contributed by atoms with Crippen molar-refractivity contribution in [3.8, 4) is 11.3 Å². The van der Waals surface area contributed by atoms with Crippen LogP contribution in [0.15, 0.2) is 54.6 Å². The number of carbonyl (C=O) groups is 1. The minimum atomic E-state index is -0.738. The molecule has 0 aliphatic heterocycles. The molecule has 3 unspecified atom stereocenters. The predicted molar refractivity (Wildman–Crippen MR) is 131 cm³/mol. The fourth-order valence-electron chi connectivity index (χ4n) is 3.21. The van der Waals surface area contributed by atoms with Crippen LogP contribution in [0.4, 0.5) is 9.18 Å². The average Bonchev–Trinajstić information content (AvgIpc) is 2.70. The van der Waals surface area contributed by atoms with Crippen molar-refractivity contribution in [2.45, 2.75) is 32.5 Å². The molecular formula is C23H25FNO2P3. The smallest absolute Gasteiger partial charge is 0.324 e. The van der Waals surface area contributed by atoms with E-state index in [0.717, 1.165) is 16.6 Å². The summed E-state index contributed by atoms with van der Waals surface area (Å²) >= 11 is 0. The van der Waals surface area contributed by atoms with E-state index in [1.165, 1.54) is 0 Å². The predicted octanol–water partition coefficient (Wildman–Crippen LogP) is 5.45. The van der Waals surface area contributed by atoms with Crippen LogP contribution in [0.1, 0.15) is 30.7 Å². The second kappa shape index (κ2) is 9.61. The van der Waals surface area contributed by atoms with Crippen molar-refractivity contribution in [2.24, 2.45) is 0 Å². The topological polar surface area (TPSA) is 39.2 Å². The summed E-state index contributed by atoms with van der Waals surface area (Å²) in [4.78, 5) is 17.0. The Morgan fingerprint density at radius 2 is 1.73 bits per heavy atom. The third-order valence-corrected chi connectivity index (χ3v) is 7.12. The molecule has 0 fully saturated rings. The maximum atomic E-state index is 15.7. The zero-order valence-electron chi connectivity index (χ0n) is 17.2. The van der Waals surface area contributed by atoms with Gasteiger partial charge in [-0.2, -0.15) is 0 Å². The largest absolute Gasteiger partial charge is 0.458 e. The fraction of sp³-hybridized carbons (Fsp3) is 0.217. The van der Waals surface area contributed by atoms with Crippen LogP contribution in [-0.2, 0) is 16.5 Å². The molecule has 1 heterocycles. The van der Waals surface area contributed by atoms with Crippen LogP contribution >= 0.6 is 27.1 Å². The summed E-state index contributed by atoms with van der Waals surface area (Å²) in [7, 11) is 4.96. The molecule has 0 bridgehead atoms. The standard InChI is InChI=1S/C23H25FNO2P3/c1-14-21(29)18(19(24)20(25-14)16-9-11-17(28)12-10-16)23(2,3)30-22(26)27-13-15-7-5-4-6-8-15/h4-12,30H,13,28-29H2,1-3H3. The molecule has 1 aromatic heterocycles. The van der Waals surface area contributed by atoms with Crippen molar-refractivity contribution >= 4 is 43.4 Å². The molecule has 0 spiro atoms. The lowest BCUT2D eigenvalue weighted by atomic mass is 9.98. The van der Waals surface area contributed by atoms with Gasteiger partial charge in [0.15, 0.2) is 5.82 Å². The Balaban J connectivity index is 1.88. The lowest BCUT2D eigenvalue weighted by Crippen LogP contribution is -2.25. The van der Waals surface area contributed by atoms with E-state index in [0.29, 0.717) is 22.1 Å². The van der Waals surface area contributed by atoms with Crippen molar-refractivity contribution in [3.05, 3.63) is 77.2 Å². The van der Waals surface area contributed by atoms with E-state index in [1.807, 2.05) is 75.4 Å². The van der Waals surface area contributed by atoms with E-state index in [2.05, 4.69) is 23.5 Å². The summed E-state index contributed by atoms with van der Waals surface area (Å²) in [6.07, 6.45) is 0. The van der Waals surface area contributed by atoms with Gasteiger partial charge in [-0.1, -0.05) is 68.4 Å². The van der Waals surface area contributed by atoms with Crippen LogP contribution in [-0.4, -0.2) is 10.7 Å². The molecule has 0 N–H and O–H groups in total. The molecule has 0 amide bonds. The van der Waals surface area contributed by atoms with E-state index in [-0.39, 0.29) is 20.9 Å². The van der Waals surface area contributed by atoms with Crippen LogP contribution in [0.5, 0.6) is 0 Å². The van der Waals surface area contributed by atoms with Gasteiger partial charge in [-0.3, -0.25) is 0 Å². The van der Waals surface area contributed by atoms with Gasteiger partial charge in [0.25, 0.3) is 0 Å². The minimum Gasteiger partial charge on any atom is -0.458 e. The van der Waals surface area contributed by atoms with E-state index in [9.17, 15) is 4.79 Å². The maximum Gasteiger partial charge on any atom is 0.324 e. The monoisotopic (exact) mass is 459 g/mol. The van der Waals surface area contributed by atoms with E-state index in [4.69, 9.17) is 4.74 Å². The Labute approximate surface area is 183 Å². The summed E-state index contributed by atoms with van der Waals surface area (Å²) in [5, 5.41) is 0.965. The Kier molecular flexibility index (Phi) is 7.35. The fourth-order valence-corrected chi connectivity index (χ4v) is 5.13. The van der Waals surface area contributed by atoms with Gasteiger partial charge in [0, 0.05) is 30.6 Å². The highest BCUT2D eigenvalue weighted by atomic mass is 31.1. The number of hydrogen-bond donors (Lipinski definition) is 0. The number of benzene rings is 2. The second-order valence-electron chi connectivity index (χ2n) is 7.58. The lowest BCUT2D eigenvalue weighted by molar-refractivity contribution is 0.167. The summed E-state index contributed by atoms with van der Waals surface area (Å²) in [6.45, 7) is 5.80. The first-order chi connectivity index (χ1) is 14.2. The quantitative estimate of drug-likeness (QED) is 0.461. The number of aromatic nitrogens is 1. The Morgan fingerprint density at radius 1 is 1.10 bits per heavy atom. The third kappa shape index (κ3) is 5.30. The van der Waals surface area contributed by atoms with Crippen LogP contribution in [0.2, 0.25) is 0 Å². The van der Waals surface area contributed by atoms with E-state index in [1.54, 1.807) is 0 Å². The van der Waals surface area contributed by atoms with Crippen molar-refractivity contribution in [1.29, 1.82) is 0 Å². The Morgan fingerprint density at radius 3 is 2.37 bits per heavy atom. The minimum absolute atomic E-state index is 0.209. The van der Waals surface area contributed by atoms with Gasteiger partial charge in [-0.25, -0.2) is 14.2 Å². The molecular weight excluding hydrogens is 434 g/mol. The van der Waals surface area contributed by atoms with Crippen LogP contribution in [0.3, 0.4) is 0 Å². The first-order valence-corrected chi connectivity index (χ1v) is 11.7. The molecule has 156 valence electrons. The number of carbonyl (C=O) groups excluding carboxylic acids is 1. The summed E-state index contributed by atoms with van der Waals surface area (Å²) < 4.78 is 21.1. The summed E-state index contributed by atoms with van der Waals surface area (Å²) in [5.74, 6) is -0.393. The van der Waals surface area contributed by atoms with Crippen LogP contribution < -0.4 is 10.6 Å². The van der Waals surface area contributed by atoms with Gasteiger partial charge >= 0.3 is 5.71 Å². The molecule has 0 saturated carbocycles. The van der Waals surface area contributed by atoms with Crippen LogP contribution in [0, 0.1) is 12.7 Å². The van der Waals surface area contributed by atoms with E-state index < -0.39 is 11.0 Å². The number of aryl methyl sites for hydroxylation is 1. The molecule has 0 aliphatic rings. The number of nitrogens with zero attached hydrogens (tertiary/aromatic N) is 1. The van der Waals surface area contributed by atoms with Gasteiger partial charge in [-0.05, 0) is 23.1 Å². The summed E-state index contributed by atoms with van der Waals surface area (Å²) in [6, 6.07) is 17.0. The highest BCUT2D eigenvalue weighted by Crippen LogP contribution is 2.44.